The van der Waals surface area contributed by atoms with Crippen molar-refractivity contribution in [2.24, 2.45) is 0 Å². The molecule has 29 heavy (non-hydrogen) atoms. The second-order valence-electron chi connectivity index (χ2n) is 6.46. The molecular weight excluding hydrogens is 408 g/mol. The number of rotatable bonds is 8. The Morgan fingerprint density at radius 2 is 1.90 bits per heavy atom. The Morgan fingerprint density at radius 1 is 1.10 bits per heavy atom. The zero-order valence-corrected chi connectivity index (χ0v) is 17.5. The quantitative estimate of drug-likeness (QED) is 0.532. The summed E-state index contributed by atoms with van der Waals surface area (Å²) in [4.78, 5) is 27.3. The molecule has 3 aromatic rings. The Labute approximate surface area is 179 Å². The van der Waals surface area contributed by atoms with Crippen LogP contribution in [0.4, 0.5) is 0 Å². The third kappa shape index (κ3) is 6.41. The second kappa shape index (κ2) is 10.2. The summed E-state index contributed by atoms with van der Waals surface area (Å²) < 4.78 is 5.18. The maximum atomic E-state index is 12.7. The van der Waals surface area contributed by atoms with Gasteiger partial charge in [-0.15, -0.1) is 11.8 Å². The number of likely N-dealkylation sites (N-methyl/N-ethyl adjacent to an activating group) is 1. The molecule has 0 saturated heterocycles. The van der Waals surface area contributed by atoms with E-state index in [1.165, 1.54) is 4.90 Å². The monoisotopic (exact) mass is 428 g/mol. The van der Waals surface area contributed by atoms with E-state index < -0.39 is 0 Å². The van der Waals surface area contributed by atoms with Gasteiger partial charge in [0.25, 0.3) is 5.91 Å². The van der Waals surface area contributed by atoms with E-state index in [4.69, 9.17) is 16.0 Å². The maximum Gasteiger partial charge on any atom is 0.254 e. The van der Waals surface area contributed by atoms with Crippen LogP contribution in [0, 0.1) is 0 Å². The van der Waals surface area contributed by atoms with Crippen molar-refractivity contribution >= 4 is 35.2 Å². The highest BCUT2D eigenvalue weighted by molar-refractivity contribution is 7.98. The van der Waals surface area contributed by atoms with Gasteiger partial charge in [-0.05, 0) is 54.1 Å². The van der Waals surface area contributed by atoms with Crippen molar-refractivity contribution < 1.29 is 14.0 Å². The lowest BCUT2D eigenvalue weighted by Crippen LogP contribution is -2.38. The van der Waals surface area contributed by atoms with Crippen molar-refractivity contribution in [3.8, 4) is 0 Å². The van der Waals surface area contributed by atoms with Crippen molar-refractivity contribution in [2.75, 3.05) is 13.6 Å². The Bertz CT molecular complexity index is 958. The van der Waals surface area contributed by atoms with Crippen LogP contribution < -0.4 is 5.32 Å². The first kappa shape index (κ1) is 21.0. The molecule has 7 heteroatoms. The molecule has 5 nitrogen and oxygen atoms in total. The number of halogens is 1. The third-order valence-electron chi connectivity index (χ3n) is 4.16. The number of thioether (sulfide) groups is 1. The van der Waals surface area contributed by atoms with Crippen LogP contribution in [0.15, 0.2) is 76.2 Å². The molecule has 2 amide bonds. The van der Waals surface area contributed by atoms with Crippen molar-refractivity contribution in [1.82, 2.24) is 10.2 Å². The number of hydrogen-bond acceptors (Lipinski definition) is 4. The van der Waals surface area contributed by atoms with E-state index in [0.29, 0.717) is 22.9 Å². The molecule has 0 bridgehead atoms. The Hall–Kier alpha value is -2.70. The summed E-state index contributed by atoms with van der Waals surface area (Å²) in [5.74, 6) is 0.956. The summed E-state index contributed by atoms with van der Waals surface area (Å²) in [6, 6.07) is 18.7. The molecular formula is C22H21ClN2O3S. The van der Waals surface area contributed by atoms with Gasteiger partial charge in [0.1, 0.15) is 5.76 Å². The Kier molecular flexibility index (Phi) is 7.38. The largest absolute Gasteiger partial charge is 0.467 e. The van der Waals surface area contributed by atoms with Gasteiger partial charge < -0.3 is 14.6 Å². The first-order valence-electron chi connectivity index (χ1n) is 9.03. The standard InChI is InChI=1S/C22H21ClN2O3S/c1-25(14-21(26)24-13-19-6-3-11-28-19)22(27)17-5-2-4-16(12-17)15-29-20-9-7-18(23)8-10-20/h2-12H,13-15H2,1H3,(H,24,26). The molecule has 1 N–H and O–H groups in total. The summed E-state index contributed by atoms with van der Waals surface area (Å²) in [6.45, 7) is 0.272. The first-order chi connectivity index (χ1) is 14.0. The van der Waals surface area contributed by atoms with Crippen LogP contribution in [-0.4, -0.2) is 30.3 Å². The molecule has 0 fully saturated rings. The van der Waals surface area contributed by atoms with Gasteiger partial charge >= 0.3 is 0 Å². The molecule has 0 aliphatic carbocycles. The van der Waals surface area contributed by atoms with Crippen LogP contribution in [0.3, 0.4) is 0 Å². The molecule has 0 aliphatic rings. The van der Waals surface area contributed by atoms with E-state index in [9.17, 15) is 9.59 Å². The Morgan fingerprint density at radius 3 is 2.62 bits per heavy atom. The van der Waals surface area contributed by atoms with Gasteiger partial charge in [-0.3, -0.25) is 9.59 Å². The van der Waals surface area contributed by atoms with Crippen molar-refractivity contribution in [2.45, 2.75) is 17.2 Å². The van der Waals surface area contributed by atoms with E-state index in [2.05, 4.69) is 5.32 Å². The molecule has 1 heterocycles. The first-order valence-corrected chi connectivity index (χ1v) is 10.4. The summed E-state index contributed by atoms with van der Waals surface area (Å²) >= 11 is 7.58. The number of amides is 2. The van der Waals surface area contributed by atoms with Crippen LogP contribution in [0.1, 0.15) is 21.7 Å². The van der Waals surface area contributed by atoms with Gasteiger partial charge in [-0.25, -0.2) is 0 Å². The zero-order valence-electron chi connectivity index (χ0n) is 15.9. The topological polar surface area (TPSA) is 62.6 Å². The number of nitrogens with zero attached hydrogens (tertiary/aromatic N) is 1. The van der Waals surface area contributed by atoms with Crippen LogP contribution >= 0.6 is 23.4 Å². The van der Waals surface area contributed by atoms with Gasteiger partial charge in [0.05, 0.1) is 19.4 Å². The highest BCUT2D eigenvalue weighted by Gasteiger charge is 2.15. The average Bonchev–Trinajstić information content (AvgIpc) is 3.25. The van der Waals surface area contributed by atoms with Crippen molar-refractivity contribution in [1.29, 1.82) is 0 Å². The molecule has 0 unspecified atom stereocenters. The van der Waals surface area contributed by atoms with E-state index in [1.807, 2.05) is 42.5 Å². The van der Waals surface area contributed by atoms with E-state index >= 15 is 0 Å². The number of benzene rings is 2. The number of hydrogen-bond donors (Lipinski definition) is 1. The third-order valence-corrected chi connectivity index (χ3v) is 5.50. The summed E-state index contributed by atoms with van der Waals surface area (Å²) in [5, 5.41) is 3.44. The van der Waals surface area contributed by atoms with Gasteiger partial charge in [-0.1, -0.05) is 23.7 Å². The normalized spacial score (nSPS) is 10.6. The van der Waals surface area contributed by atoms with Gasteiger partial charge in [-0.2, -0.15) is 0 Å². The number of furan rings is 1. The maximum absolute atomic E-state index is 12.7. The predicted molar refractivity (Wildman–Crippen MR) is 115 cm³/mol. The fraction of sp³-hybridized carbons (Fsp3) is 0.182. The molecule has 0 aliphatic heterocycles. The highest BCUT2D eigenvalue weighted by atomic mass is 35.5. The lowest BCUT2D eigenvalue weighted by molar-refractivity contribution is -0.121. The fourth-order valence-electron chi connectivity index (χ4n) is 2.65. The molecule has 0 saturated carbocycles. The summed E-state index contributed by atoms with van der Waals surface area (Å²) in [5.41, 5.74) is 1.59. The minimum Gasteiger partial charge on any atom is -0.467 e. The second-order valence-corrected chi connectivity index (χ2v) is 7.95. The molecule has 0 spiro atoms. The van der Waals surface area contributed by atoms with E-state index in [-0.39, 0.29) is 18.4 Å². The van der Waals surface area contributed by atoms with Crippen LogP contribution in [-0.2, 0) is 17.1 Å². The number of carbonyl (C=O) groups excluding carboxylic acids is 2. The fourth-order valence-corrected chi connectivity index (χ4v) is 3.62. The predicted octanol–water partition coefficient (Wildman–Crippen LogP) is 4.61. The van der Waals surface area contributed by atoms with Gasteiger partial charge in [0.15, 0.2) is 0 Å². The lowest BCUT2D eigenvalue weighted by Gasteiger charge is -2.17. The smallest absolute Gasteiger partial charge is 0.254 e. The van der Waals surface area contributed by atoms with Crippen molar-refractivity contribution in [3.05, 3.63) is 88.8 Å². The molecule has 2 aromatic carbocycles. The molecule has 0 atom stereocenters. The van der Waals surface area contributed by atoms with E-state index in [1.54, 1.807) is 43.3 Å². The number of carbonyl (C=O) groups is 2. The zero-order chi connectivity index (χ0) is 20.6. The van der Waals surface area contributed by atoms with Crippen LogP contribution in [0.25, 0.3) is 0 Å². The van der Waals surface area contributed by atoms with Crippen LogP contribution in [0.2, 0.25) is 5.02 Å². The molecule has 1 aromatic heterocycles. The lowest BCUT2D eigenvalue weighted by atomic mass is 10.1. The SMILES string of the molecule is CN(CC(=O)NCc1ccco1)C(=O)c1cccc(CSc2ccc(Cl)cc2)c1. The number of nitrogens with one attached hydrogen (secondary N) is 1. The summed E-state index contributed by atoms with van der Waals surface area (Å²) in [6.07, 6.45) is 1.55. The Balaban J connectivity index is 1.53. The van der Waals surface area contributed by atoms with Gasteiger partial charge in [0.2, 0.25) is 5.91 Å². The molecule has 150 valence electrons. The van der Waals surface area contributed by atoms with Crippen LogP contribution in [0.5, 0.6) is 0 Å². The van der Waals surface area contributed by atoms with Crippen molar-refractivity contribution in [3.63, 3.8) is 0 Å². The minimum absolute atomic E-state index is 0.0245. The summed E-state index contributed by atoms with van der Waals surface area (Å²) in [7, 11) is 1.62. The minimum atomic E-state index is -0.244. The molecule has 0 radical (unpaired) electrons. The highest BCUT2D eigenvalue weighted by Crippen LogP contribution is 2.24. The van der Waals surface area contributed by atoms with E-state index in [0.717, 1.165) is 16.2 Å². The van der Waals surface area contributed by atoms with Gasteiger partial charge in [0, 0.05) is 28.3 Å². The average molecular weight is 429 g/mol. The molecule has 3 rings (SSSR count).